The van der Waals surface area contributed by atoms with Crippen molar-refractivity contribution >= 4 is 5.97 Å². The van der Waals surface area contributed by atoms with Gasteiger partial charge in [-0.2, -0.15) is 0 Å². The predicted octanol–water partition coefficient (Wildman–Crippen LogP) is 6.86. The normalized spacial score (nSPS) is 22.5. The number of rotatable bonds is 13. The SMILES string of the molecule is C[C@@H]1C[C@](C)(CCCCCCCCCCCCc2ccccc2)OC1=O. The number of carbonyl (C=O) groups is 1. The van der Waals surface area contributed by atoms with Gasteiger partial charge in [0.15, 0.2) is 0 Å². The van der Waals surface area contributed by atoms with E-state index in [0.29, 0.717) is 0 Å². The van der Waals surface area contributed by atoms with Gasteiger partial charge in [0.2, 0.25) is 0 Å². The van der Waals surface area contributed by atoms with E-state index in [4.69, 9.17) is 4.74 Å². The summed E-state index contributed by atoms with van der Waals surface area (Å²) < 4.78 is 5.54. The summed E-state index contributed by atoms with van der Waals surface area (Å²) in [5.41, 5.74) is 1.29. The lowest BCUT2D eigenvalue weighted by Crippen LogP contribution is -2.23. The van der Waals surface area contributed by atoms with Crippen molar-refractivity contribution in [3.8, 4) is 0 Å². The third kappa shape index (κ3) is 7.93. The minimum atomic E-state index is -0.184. The van der Waals surface area contributed by atoms with E-state index in [1.807, 2.05) is 6.92 Å². The molecule has 0 saturated carbocycles. The van der Waals surface area contributed by atoms with Crippen LogP contribution in [0.3, 0.4) is 0 Å². The van der Waals surface area contributed by atoms with Gasteiger partial charge in [0.05, 0.1) is 5.92 Å². The molecule has 1 aliphatic heterocycles. The molecule has 0 bridgehead atoms. The third-order valence-corrected chi connectivity index (χ3v) is 5.75. The van der Waals surface area contributed by atoms with E-state index in [2.05, 4.69) is 37.3 Å². The standard InChI is InChI=1S/C24H38O2/c1-21-20-24(2,26-23(21)25)19-15-10-8-6-4-3-5-7-9-12-16-22-17-13-11-14-18-22/h11,13-14,17-18,21H,3-10,12,15-16,19-20H2,1-2H3/t21-,24+/m1/s1. The molecule has 2 rings (SSSR count). The van der Waals surface area contributed by atoms with Gasteiger partial charge in [-0.05, 0) is 44.6 Å². The van der Waals surface area contributed by atoms with Crippen LogP contribution < -0.4 is 0 Å². The Labute approximate surface area is 160 Å². The van der Waals surface area contributed by atoms with E-state index in [0.717, 1.165) is 12.8 Å². The first-order valence-corrected chi connectivity index (χ1v) is 10.9. The van der Waals surface area contributed by atoms with Crippen LogP contribution in [0.2, 0.25) is 0 Å². The molecule has 0 N–H and O–H groups in total. The number of cyclic esters (lactones) is 1. The monoisotopic (exact) mass is 358 g/mol. The number of hydrogen-bond acceptors (Lipinski definition) is 2. The molecule has 1 aromatic carbocycles. The molecular formula is C24H38O2. The molecule has 0 amide bonds. The van der Waals surface area contributed by atoms with Gasteiger partial charge in [-0.15, -0.1) is 0 Å². The number of carbonyl (C=O) groups excluding carboxylic acids is 1. The fourth-order valence-electron chi connectivity index (χ4n) is 4.16. The Hall–Kier alpha value is -1.31. The van der Waals surface area contributed by atoms with Crippen molar-refractivity contribution in [3.63, 3.8) is 0 Å². The minimum Gasteiger partial charge on any atom is -0.459 e. The van der Waals surface area contributed by atoms with Crippen LogP contribution in [0.15, 0.2) is 30.3 Å². The summed E-state index contributed by atoms with van der Waals surface area (Å²) in [4.78, 5) is 11.5. The van der Waals surface area contributed by atoms with Crippen LogP contribution in [0, 0.1) is 5.92 Å². The van der Waals surface area contributed by atoms with Gasteiger partial charge in [0.1, 0.15) is 5.60 Å². The Kier molecular flexibility index (Phi) is 9.22. The van der Waals surface area contributed by atoms with Gasteiger partial charge in [0, 0.05) is 0 Å². The number of ether oxygens (including phenoxy) is 1. The van der Waals surface area contributed by atoms with Crippen molar-refractivity contribution in [3.05, 3.63) is 35.9 Å². The van der Waals surface area contributed by atoms with Crippen molar-refractivity contribution in [2.75, 3.05) is 0 Å². The van der Waals surface area contributed by atoms with Gasteiger partial charge in [-0.25, -0.2) is 0 Å². The van der Waals surface area contributed by atoms with E-state index < -0.39 is 0 Å². The van der Waals surface area contributed by atoms with Crippen molar-refractivity contribution in [2.24, 2.45) is 5.92 Å². The molecule has 2 atom stereocenters. The summed E-state index contributed by atoms with van der Waals surface area (Å²) in [5, 5.41) is 0. The molecule has 2 nitrogen and oxygen atoms in total. The van der Waals surface area contributed by atoms with Crippen LogP contribution in [0.5, 0.6) is 0 Å². The Bertz CT molecular complexity index is 510. The van der Waals surface area contributed by atoms with Crippen LogP contribution in [0.4, 0.5) is 0 Å². The van der Waals surface area contributed by atoms with E-state index in [9.17, 15) is 4.79 Å². The molecule has 0 spiro atoms. The van der Waals surface area contributed by atoms with Gasteiger partial charge < -0.3 is 4.74 Å². The predicted molar refractivity (Wildman–Crippen MR) is 109 cm³/mol. The Morgan fingerprint density at radius 1 is 0.885 bits per heavy atom. The number of aryl methyl sites for hydroxylation is 1. The summed E-state index contributed by atoms with van der Waals surface area (Å²) in [6.07, 6.45) is 16.5. The van der Waals surface area contributed by atoms with Crippen molar-refractivity contribution in [1.29, 1.82) is 0 Å². The molecule has 1 heterocycles. The van der Waals surface area contributed by atoms with Gasteiger partial charge in [-0.3, -0.25) is 4.79 Å². The third-order valence-electron chi connectivity index (χ3n) is 5.75. The average Bonchev–Trinajstić information content (AvgIpc) is 2.89. The van der Waals surface area contributed by atoms with Crippen molar-refractivity contribution in [2.45, 2.75) is 103 Å². The molecule has 1 fully saturated rings. The molecule has 1 aromatic rings. The second-order valence-electron chi connectivity index (χ2n) is 8.50. The fraction of sp³-hybridized carbons (Fsp3) is 0.708. The maximum Gasteiger partial charge on any atom is 0.309 e. The molecule has 0 radical (unpaired) electrons. The zero-order chi connectivity index (χ0) is 18.7. The van der Waals surface area contributed by atoms with E-state index in [-0.39, 0.29) is 17.5 Å². The molecule has 146 valence electrons. The highest BCUT2D eigenvalue weighted by molar-refractivity contribution is 5.74. The lowest BCUT2D eigenvalue weighted by molar-refractivity contribution is -0.149. The summed E-state index contributed by atoms with van der Waals surface area (Å²) >= 11 is 0. The van der Waals surface area contributed by atoms with Crippen LogP contribution in [-0.2, 0) is 16.0 Å². The topological polar surface area (TPSA) is 26.3 Å². The number of benzene rings is 1. The molecule has 26 heavy (non-hydrogen) atoms. The second kappa shape index (κ2) is 11.4. The summed E-state index contributed by atoms with van der Waals surface area (Å²) in [7, 11) is 0. The molecular weight excluding hydrogens is 320 g/mol. The Balaban J connectivity index is 1.35. The first-order valence-electron chi connectivity index (χ1n) is 10.9. The van der Waals surface area contributed by atoms with Gasteiger partial charge in [0.25, 0.3) is 0 Å². The van der Waals surface area contributed by atoms with Crippen molar-refractivity contribution < 1.29 is 9.53 Å². The number of hydrogen-bond donors (Lipinski definition) is 0. The lowest BCUT2D eigenvalue weighted by atomic mass is 9.91. The second-order valence-corrected chi connectivity index (χ2v) is 8.50. The van der Waals surface area contributed by atoms with Crippen LogP contribution >= 0.6 is 0 Å². The van der Waals surface area contributed by atoms with Crippen LogP contribution in [-0.4, -0.2) is 11.6 Å². The molecule has 0 aromatic heterocycles. The summed E-state index contributed by atoms with van der Waals surface area (Å²) in [6.45, 7) is 4.08. The minimum absolute atomic E-state index is 0.00346. The molecule has 0 aliphatic carbocycles. The summed E-state index contributed by atoms with van der Waals surface area (Å²) in [6, 6.07) is 10.8. The van der Waals surface area contributed by atoms with Gasteiger partial charge in [-0.1, -0.05) is 88.6 Å². The first kappa shape index (κ1) is 21.0. The van der Waals surface area contributed by atoms with E-state index in [1.54, 1.807) is 0 Å². The molecule has 1 saturated heterocycles. The molecule has 2 heteroatoms. The lowest BCUT2D eigenvalue weighted by Gasteiger charge is -2.22. The first-order chi connectivity index (χ1) is 12.6. The number of esters is 1. The van der Waals surface area contributed by atoms with E-state index in [1.165, 1.54) is 76.2 Å². The summed E-state index contributed by atoms with van der Waals surface area (Å²) in [5.74, 6) is 0.0870. The maximum absolute atomic E-state index is 11.5. The molecule has 1 aliphatic rings. The quantitative estimate of drug-likeness (QED) is 0.284. The largest absolute Gasteiger partial charge is 0.459 e. The zero-order valence-corrected chi connectivity index (χ0v) is 17.0. The van der Waals surface area contributed by atoms with Crippen LogP contribution in [0.25, 0.3) is 0 Å². The number of unbranched alkanes of at least 4 members (excludes halogenated alkanes) is 9. The molecule has 0 unspecified atom stereocenters. The van der Waals surface area contributed by atoms with Crippen LogP contribution in [0.1, 0.15) is 96.5 Å². The fourth-order valence-corrected chi connectivity index (χ4v) is 4.16. The maximum atomic E-state index is 11.5. The average molecular weight is 359 g/mol. The van der Waals surface area contributed by atoms with Gasteiger partial charge >= 0.3 is 5.97 Å². The Morgan fingerprint density at radius 3 is 1.96 bits per heavy atom. The smallest absolute Gasteiger partial charge is 0.309 e. The highest BCUT2D eigenvalue weighted by Gasteiger charge is 2.40. The Morgan fingerprint density at radius 2 is 1.42 bits per heavy atom. The highest BCUT2D eigenvalue weighted by atomic mass is 16.6. The van der Waals surface area contributed by atoms with Crippen molar-refractivity contribution in [1.82, 2.24) is 0 Å². The zero-order valence-electron chi connectivity index (χ0n) is 17.0. The highest BCUT2D eigenvalue weighted by Crippen LogP contribution is 2.34. The van der Waals surface area contributed by atoms with E-state index >= 15 is 0 Å².